The van der Waals surface area contributed by atoms with E-state index in [2.05, 4.69) is 5.32 Å². The molecule has 0 aliphatic heterocycles. The van der Waals surface area contributed by atoms with Crippen molar-refractivity contribution in [3.05, 3.63) is 34.9 Å². The zero-order chi connectivity index (χ0) is 14.4. The Hall–Kier alpha value is -1.55. The summed E-state index contributed by atoms with van der Waals surface area (Å²) in [6, 6.07) is 5.51. The summed E-state index contributed by atoms with van der Waals surface area (Å²) in [7, 11) is 0. The number of nitrogens with one attached hydrogen (secondary N) is 1. The van der Waals surface area contributed by atoms with Crippen molar-refractivity contribution in [2.75, 3.05) is 0 Å². The molecule has 19 heavy (non-hydrogen) atoms. The van der Waals surface area contributed by atoms with E-state index in [-0.39, 0.29) is 11.8 Å². The van der Waals surface area contributed by atoms with Gasteiger partial charge in [0.2, 0.25) is 5.91 Å². The molecular formula is C14H18ClNO3. The van der Waals surface area contributed by atoms with E-state index in [1.807, 2.05) is 6.92 Å². The lowest BCUT2D eigenvalue weighted by Crippen LogP contribution is -2.37. The Morgan fingerprint density at radius 1 is 1.37 bits per heavy atom. The minimum atomic E-state index is -1.12. The fourth-order valence-corrected chi connectivity index (χ4v) is 2.08. The van der Waals surface area contributed by atoms with Crippen LogP contribution in [0.4, 0.5) is 0 Å². The van der Waals surface area contributed by atoms with E-state index in [4.69, 9.17) is 11.6 Å². The molecule has 0 spiro atoms. The monoisotopic (exact) mass is 283 g/mol. The molecule has 0 bridgehead atoms. The van der Waals surface area contributed by atoms with E-state index < -0.39 is 12.0 Å². The van der Waals surface area contributed by atoms with Gasteiger partial charge in [0.25, 0.3) is 0 Å². The van der Waals surface area contributed by atoms with Gasteiger partial charge in [-0.2, -0.15) is 0 Å². The highest BCUT2D eigenvalue weighted by Crippen LogP contribution is 2.23. The number of halogens is 1. The summed E-state index contributed by atoms with van der Waals surface area (Å²) in [5, 5.41) is 12.1. The van der Waals surface area contributed by atoms with Crippen LogP contribution in [0.2, 0.25) is 5.02 Å². The maximum absolute atomic E-state index is 11.9. The maximum atomic E-state index is 11.9. The molecule has 1 rings (SSSR count). The van der Waals surface area contributed by atoms with Gasteiger partial charge >= 0.3 is 5.97 Å². The van der Waals surface area contributed by atoms with Crippen molar-refractivity contribution in [1.82, 2.24) is 5.32 Å². The van der Waals surface area contributed by atoms with E-state index in [9.17, 15) is 14.7 Å². The standard InChI is InChI=1S/C14H18ClNO3/c1-3-6-9(2)13(17)16-12(14(18)19)10-7-4-5-8-11(10)15/h4-5,7-9,12H,3,6H2,1-2H3,(H,16,17)(H,18,19)/t9?,12-/m1/s1. The summed E-state index contributed by atoms with van der Waals surface area (Å²) in [6.07, 6.45) is 1.60. The SMILES string of the molecule is CCCC(C)C(=O)N[C@@H](C(=O)O)c1ccccc1Cl. The normalized spacial score (nSPS) is 13.6. The number of amides is 1. The van der Waals surface area contributed by atoms with Gasteiger partial charge in [0, 0.05) is 16.5 Å². The maximum Gasteiger partial charge on any atom is 0.330 e. The van der Waals surface area contributed by atoms with Crippen molar-refractivity contribution >= 4 is 23.5 Å². The highest BCUT2D eigenvalue weighted by atomic mass is 35.5. The third-order valence-electron chi connectivity index (χ3n) is 2.92. The smallest absolute Gasteiger partial charge is 0.330 e. The Labute approximate surface area is 117 Å². The third kappa shape index (κ3) is 4.24. The van der Waals surface area contributed by atoms with E-state index in [0.29, 0.717) is 10.6 Å². The van der Waals surface area contributed by atoms with E-state index in [1.54, 1.807) is 31.2 Å². The molecule has 1 aromatic rings. The fraction of sp³-hybridized carbons (Fsp3) is 0.429. The Morgan fingerprint density at radius 3 is 2.53 bits per heavy atom. The summed E-state index contributed by atoms with van der Waals surface area (Å²) in [6.45, 7) is 3.76. The van der Waals surface area contributed by atoms with Crippen LogP contribution in [-0.2, 0) is 9.59 Å². The van der Waals surface area contributed by atoms with Crippen LogP contribution in [0.3, 0.4) is 0 Å². The summed E-state index contributed by atoms with van der Waals surface area (Å²) in [5.41, 5.74) is 0.397. The number of carboxylic acid groups (broad SMARTS) is 1. The molecule has 4 nitrogen and oxygen atoms in total. The molecule has 2 atom stereocenters. The molecule has 0 aliphatic carbocycles. The van der Waals surface area contributed by atoms with Gasteiger partial charge in [0.1, 0.15) is 0 Å². The second-order valence-electron chi connectivity index (χ2n) is 4.49. The van der Waals surface area contributed by atoms with Crippen LogP contribution < -0.4 is 5.32 Å². The van der Waals surface area contributed by atoms with Gasteiger partial charge in [-0.1, -0.05) is 50.1 Å². The zero-order valence-electron chi connectivity index (χ0n) is 11.0. The molecule has 1 amide bonds. The first-order valence-electron chi connectivity index (χ1n) is 6.25. The fourth-order valence-electron chi connectivity index (χ4n) is 1.83. The average molecular weight is 284 g/mol. The van der Waals surface area contributed by atoms with Crippen molar-refractivity contribution in [3.8, 4) is 0 Å². The van der Waals surface area contributed by atoms with Gasteiger partial charge in [-0.25, -0.2) is 4.79 Å². The largest absolute Gasteiger partial charge is 0.479 e. The average Bonchev–Trinajstić information content (AvgIpc) is 2.36. The minimum absolute atomic E-state index is 0.214. The van der Waals surface area contributed by atoms with Crippen LogP contribution in [0, 0.1) is 5.92 Å². The molecular weight excluding hydrogens is 266 g/mol. The molecule has 0 radical (unpaired) electrons. The first kappa shape index (κ1) is 15.5. The van der Waals surface area contributed by atoms with Crippen molar-refractivity contribution in [2.24, 2.45) is 5.92 Å². The molecule has 104 valence electrons. The number of hydrogen-bond acceptors (Lipinski definition) is 2. The number of aliphatic carboxylic acids is 1. The Morgan fingerprint density at radius 2 is 2.00 bits per heavy atom. The molecule has 0 aliphatic rings. The lowest BCUT2D eigenvalue weighted by molar-refractivity contribution is -0.142. The summed E-state index contributed by atoms with van der Waals surface area (Å²) in [4.78, 5) is 23.2. The lowest BCUT2D eigenvalue weighted by Gasteiger charge is -2.18. The molecule has 0 aromatic heterocycles. The first-order valence-corrected chi connectivity index (χ1v) is 6.62. The topological polar surface area (TPSA) is 66.4 Å². The van der Waals surface area contributed by atoms with Gasteiger partial charge in [0.15, 0.2) is 6.04 Å². The van der Waals surface area contributed by atoms with Gasteiger partial charge < -0.3 is 10.4 Å². The van der Waals surface area contributed by atoms with Crippen LogP contribution in [0.25, 0.3) is 0 Å². The quantitative estimate of drug-likeness (QED) is 0.843. The Bertz CT molecular complexity index is 462. The molecule has 0 saturated heterocycles. The Kier molecular flexibility index (Phi) is 5.83. The summed E-state index contributed by atoms with van der Waals surface area (Å²) < 4.78 is 0. The molecule has 0 fully saturated rings. The van der Waals surface area contributed by atoms with Gasteiger partial charge in [-0.15, -0.1) is 0 Å². The number of hydrogen-bond donors (Lipinski definition) is 2. The minimum Gasteiger partial charge on any atom is -0.479 e. The predicted octanol–water partition coefficient (Wildman–Crippen LogP) is 3.02. The van der Waals surface area contributed by atoms with Crippen molar-refractivity contribution in [1.29, 1.82) is 0 Å². The summed E-state index contributed by atoms with van der Waals surface area (Å²) >= 11 is 5.97. The van der Waals surface area contributed by atoms with Crippen LogP contribution in [0.15, 0.2) is 24.3 Å². The molecule has 1 unspecified atom stereocenters. The predicted molar refractivity (Wildman–Crippen MR) is 74.0 cm³/mol. The van der Waals surface area contributed by atoms with Crippen LogP contribution >= 0.6 is 11.6 Å². The van der Waals surface area contributed by atoms with E-state index in [1.165, 1.54) is 0 Å². The van der Waals surface area contributed by atoms with Crippen molar-refractivity contribution in [3.63, 3.8) is 0 Å². The van der Waals surface area contributed by atoms with Crippen LogP contribution in [0.1, 0.15) is 38.3 Å². The molecule has 0 heterocycles. The third-order valence-corrected chi connectivity index (χ3v) is 3.26. The number of benzene rings is 1. The highest BCUT2D eigenvalue weighted by Gasteiger charge is 2.25. The van der Waals surface area contributed by atoms with Crippen molar-refractivity contribution < 1.29 is 14.7 Å². The van der Waals surface area contributed by atoms with Gasteiger partial charge in [-0.3, -0.25) is 4.79 Å². The Balaban J connectivity index is 2.89. The zero-order valence-corrected chi connectivity index (χ0v) is 11.8. The number of carboxylic acids is 1. The molecule has 1 aromatic carbocycles. The van der Waals surface area contributed by atoms with Gasteiger partial charge in [-0.05, 0) is 12.5 Å². The highest BCUT2D eigenvalue weighted by molar-refractivity contribution is 6.31. The lowest BCUT2D eigenvalue weighted by atomic mass is 10.0. The van der Waals surface area contributed by atoms with Gasteiger partial charge in [0.05, 0.1) is 0 Å². The molecule has 2 N–H and O–H groups in total. The number of carbonyl (C=O) groups excluding carboxylic acids is 1. The second-order valence-corrected chi connectivity index (χ2v) is 4.90. The molecule has 0 saturated carbocycles. The van der Waals surface area contributed by atoms with Crippen LogP contribution in [0.5, 0.6) is 0 Å². The van der Waals surface area contributed by atoms with Crippen LogP contribution in [-0.4, -0.2) is 17.0 Å². The van der Waals surface area contributed by atoms with E-state index >= 15 is 0 Å². The number of carbonyl (C=O) groups is 2. The first-order chi connectivity index (χ1) is 8.97. The molecule has 5 heteroatoms. The van der Waals surface area contributed by atoms with E-state index in [0.717, 1.165) is 12.8 Å². The summed E-state index contributed by atoms with van der Waals surface area (Å²) in [5.74, 6) is -1.60. The number of rotatable bonds is 6. The second kappa shape index (κ2) is 7.14. The van der Waals surface area contributed by atoms with Crippen molar-refractivity contribution in [2.45, 2.75) is 32.7 Å².